The van der Waals surface area contributed by atoms with E-state index in [0.717, 1.165) is 11.3 Å². The van der Waals surface area contributed by atoms with Gasteiger partial charge in [0.15, 0.2) is 6.39 Å². The molecule has 0 fully saturated rings. The molecule has 0 radical (unpaired) electrons. The van der Waals surface area contributed by atoms with Crippen molar-refractivity contribution < 1.29 is 9.34 Å². The average molecular weight is 233 g/mol. The summed E-state index contributed by atoms with van der Waals surface area (Å²) < 4.78 is 5.08. The van der Waals surface area contributed by atoms with Crippen molar-refractivity contribution in [1.29, 1.82) is 0 Å². The molecule has 0 saturated heterocycles. The maximum Gasteiger partial charge on any atom is 0.269 e. The van der Waals surface area contributed by atoms with Gasteiger partial charge >= 0.3 is 0 Å². The number of hydrogen-bond donors (Lipinski definition) is 1. The van der Waals surface area contributed by atoms with E-state index in [-0.39, 0.29) is 5.69 Å². The lowest BCUT2D eigenvalue weighted by molar-refractivity contribution is -0.384. The molecule has 17 heavy (non-hydrogen) atoms. The molecule has 0 bridgehead atoms. The molecule has 6 nitrogen and oxygen atoms in total. The summed E-state index contributed by atoms with van der Waals surface area (Å²) in [4.78, 5) is 14.0. The number of benzene rings is 1. The summed E-state index contributed by atoms with van der Waals surface area (Å²) in [5.41, 5.74) is 1.75. The first-order chi connectivity index (χ1) is 8.16. The Morgan fingerprint density at radius 1 is 1.53 bits per heavy atom. The third-order valence-corrected chi connectivity index (χ3v) is 2.36. The second-order valence-electron chi connectivity index (χ2n) is 3.58. The van der Waals surface area contributed by atoms with Crippen LogP contribution in [0.3, 0.4) is 0 Å². The van der Waals surface area contributed by atoms with Crippen molar-refractivity contribution in [3.63, 3.8) is 0 Å². The number of nitro benzene ring substituents is 1. The van der Waals surface area contributed by atoms with Crippen LogP contribution in [0.2, 0.25) is 0 Å². The molecule has 2 rings (SSSR count). The van der Waals surface area contributed by atoms with Gasteiger partial charge in [-0.25, -0.2) is 4.98 Å². The Balaban J connectivity index is 2.09. The molecule has 1 aromatic heterocycles. The molecule has 0 amide bonds. The van der Waals surface area contributed by atoms with E-state index >= 15 is 0 Å². The predicted molar refractivity (Wildman–Crippen MR) is 61.7 cm³/mol. The molecule has 88 valence electrons. The van der Waals surface area contributed by atoms with Gasteiger partial charge in [-0.15, -0.1) is 0 Å². The summed E-state index contributed by atoms with van der Waals surface area (Å²) in [6.45, 7) is 2.31. The lowest BCUT2D eigenvalue weighted by Gasteiger charge is -2.07. The topological polar surface area (TPSA) is 81.2 Å². The molecule has 2 aromatic rings. The molecule has 0 unspecified atom stereocenters. The number of hydrogen-bond acceptors (Lipinski definition) is 5. The van der Waals surface area contributed by atoms with E-state index in [1.54, 1.807) is 12.3 Å². The zero-order valence-corrected chi connectivity index (χ0v) is 9.21. The number of nitrogens with zero attached hydrogens (tertiary/aromatic N) is 2. The SMILES string of the molecule is Cc1cc([N+](=O)[O-])ccc1NCc1cnco1. The van der Waals surface area contributed by atoms with E-state index in [4.69, 9.17) is 4.42 Å². The molecule has 6 heteroatoms. The van der Waals surface area contributed by atoms with Gasteiger partial charge in [0.1, 0.15) is 5.76 Å². The zero-order chi connectivity index (χ0) is 12.3. The first kappa shape index (κ1) is 11.1. The number of non-ortho nitro benzene ring substituents is 1. The van der Waals surface area contributed by atoms with E-state index in [9.17, 15) is 10.1 Å². The Hall–Kier alpha value is -2.37. The van der Waals surface area contributed by atoms with E-state index < -0.39 is 4.92 Å². The van der Waals surface area contributed by atoms with Crippen LogP contribution in [0, 0.1) is 17.0 Å². The lowest BCUT2D eigenvalue weighted by Crippen LogP contribution is -2.00. The van der Waals surface area contributed by atoms with E-state index in [0.29, 0.717) is 12.3 Å². The summed E-state index contributed by atoms with van der Waals surface area (Å²) in [6, 6.07) is 4.68. The standard InChI is InChI=1S/C11H11N3O3/c1-8-4-9(14(15)16)2-3-11(8)13-6-10-5-12-7-17-10/h2-5,7,13H,6H2,1H3. The van der Waals surface area contributed by atoms with Crippen LogP contribution in [0.1, 0.15) is 11.3 Å². The molecule has 0 aliphatic heterocycles. The van der Waals surface area contributed by atoms with Gasteiger partial charge in [-0.05, 0) is 18.6 Å². The molecule has 0 aliphatic carbocycles. The third-order valence-electron chi connectivity index (χ3n) is 2.36. The fraction of sp³-hybridized carbons (Fsp3) is 0.182. The number of anilines is 1. The number of aromatic nitrogens is 1. The Labute approximate surface area is 97.4 Å². The summed E-state index contributed by atoms with van der Waals surface area (Å²) in [6.07, 6.45) is 2.98. The van der Waals surface area contributed by atoms with E-state index in [1.165, 1.54) is 18.5 Å². The fourth-order valence-electron chi connectivity index (χ4n) is 1.47. The second-order valence-corrected chi connectivity index (χ2v) is 3.58. The molecule has 0 saturated carbocycles. The Morgan fingerprint density at radius 2 is 2.35 bits per heavy atom. The number of aryl methyl sites for hydroxylation is 1. The van der Waals surface area contributed by atoms with Crippen LogP contribution >= 0.6 is 0 Å². The average Bonchev–Trinajstić information content (AvgIpc) is 2.80. The van der Waals surface area contributed by atoms with Gasteiger partial charge in [0, 0.05) is 17.8 Å². The Kier molecular flexibility index (Phi) is 3.04. The monoisotopic (exact) mass is 233 g/mol. The summed E-state index contributed by atoms with van der Waals surface area (Å²) in [5.74, 6) is 0.711. The molecule has 1 N–H and O–H groups in total. The highest BCUT2D eigenvalue weighted by molar-refractivity contribution is 5.55. The van der Waals surface area contributed by atoms with Crippen LogP contribution in [-0.2, 0) is 6.54 Å². The molecule has 0 aliphatic rings. The second kappa shape index (κ2) is 4.65. The van der Waals surface area contributed by atoms with Crippen molar-refractivity contribution in [3.8, 4) is 0 Å². The molecule has 0 spiro atoms. The largest absolute Gasteiger partial charge is 0.447 e. The van der Waals surface area contributed by atoms with Gasteiger partial charge in [-0.1, -0.05) is 0 Å². The summed E-state index contributed by atoms with van der Waals surface area (Å²) >= 11 is 0. The fourth-order valence-corrected chi connectivity index (χ4v) is 1.47. The van der Waals surface area contributed by atoms with Crippen molar-refractivity contribution in [2.45, 2.75) is 13.5 Å². The smallest absolute Gasteiger partial charge is 0.269 e. The van der Waals surface area contributed by atoms with Crippen LogP contribution in [0.15, 0.2) is 35.2 Å². The van der Waals surface area contributed by atoms with E-state index in [1.807, 2.05) is 6.92 Å². The van der Waals surface area contributed by atoms with Gasteiger partial charge < -0.3 is 9.73 Å². The molecule has 1 aromatic carbocycles. The number of oxazole rings is 1. The van der Waals surface area contributed by atoms with Crippen molar-refractivity contribution in [1.82, 2.24) is 4.98 Å². The van der Waals surface area contributed by atoms with Gasteiger partial charge in [-0.2, -0.15) is 0 Å². The van der Waals surface area contributed by atoms with Crippen LogP contribution in [0.4, 0.5) is 11.4 Å². The number of nitro groups is 1. The van der Waals surface area contributed by atoms with Gasteiger partial charge in [0.2, 0.25) is 0 Å². The summed E-state index contributed by atoms with van der Waals surface area (Å²) in [7, 11) is 0. The molecule has 0 atom stereocenters. The maximum absolute atomic E-state index is 10.6. The first-order valence-electron chi connectivity index (χ1n) is 5.03. The van der Waals surface area contributed by atoms with Crippen molar-refractivity contribution in [3.05, 3.63) is 52.2 Å². The lowest BCUT2D eigenvalue weighted by atomic mass is 10.2. The number of rotatable bonds is 4. The maximum atomic E-state index is 10.6. The number of nitrogens with one attached hydrogen (secondary N) is 1. The minimum absolute atomic E-state index is 0.0905. The third kappa shape index (κ3) is 2.60. The summed E-state index contributed by atoms with van der Waals surface area (Å²) in [5, 5.41) is 13.7. The van der Waals surface area contributed by atoms with Crippen molar-refractivity contribution in [2.24, 2.45) is 0 Å². The predicted octanol–water partition coefficient (Wildman–Crippen LogP) is 2.50. The van der Waals surface area contributed by atoms with Crippen LogP contribution in [0.5, 0.6) is 0 Å². The van der Waals surface area contributed by atoms with Crippen LogP contribution in [0.25, 0.3) is 0 Å². The Morgan fingerprint density at radius 3 is 2.94 bits per heavy atom. The molecular weight excluding hydrogens is 222 g/mol. The highest BCUT2D eigenvalue weighted by Crippen LogP contribution is 2.21. The minimum atomic E-state index is -0.409. The normalized spacial score (nSPS) is 10.2. The van der Waals surface area contributed by atoms with Crippen molar-refractivity contribution in [2.75, 3.05) is 5.32 Å². The molecule has 1 heterocycles. The Bertz CT molecular complexity index is 523. The van der Waals surface area contributed by atoms with Crippen LogP contribution in [-0.4, -0.2) is 9.91 Å². The van der Waals surface area contributed by atoms with Crippen LogP contribution < -0.4 is 5.32 Å². The highest BCUT2D eigenvalue weighted by atomic mass is 16.6. The highest BCUT2D eigenvalue weighted by Gasteiger charge is 2.07. The first-order valence-corrected chi connectivity index (χ1v) is 5.03. The zero-order valence-electron chi connectivity index (χ0n) is 9.21. The minimum Gasteiger partial charge on any atom is -0.447 e. The van der Waals surface area contributed by atoms with Gasteiger partial charge in [-0.3, -0.25) is 10.1 Å². The van der Waals surface area contributed by atoms with Gasteiger partial charge in [0.25, 0.3) is 5.69 Å². The molecular formula is C11H11N3O3. The van der Waals surface area contributed by atoms with E-state index in [2.05, 4.69) is 10.3 Å². The van der Waals surface area contributed by atoms with Crippen molar-refractivity contribution >= 4 is 11.4 Å². The van der Waals surface area contributed by atoms with Gasteiger partial charge in [0.05, 0.1) is 17.7 Å². The quantitative estimate of drug-likeness (QED) is 0.648.